The maximum absolute atomic E-state index is 12.8. The van der Waals surface area contributed by atoms with Gasteiger partial charge in [-0.2, -0.15) is 5.10 Å². The van der Waals surface area contributed by atoms with Gasteiger partial charge < -0.3 is 10.1 Å². The minimum Gasteiger partial charge on any atom is -0.497 e. The summed E-state index contributed by atoms with van der Waals surface area (Å²) in [6.07, 6.45) is 1.46. The smallest absolute Gasteiger partial charge is 0.259 e. The normalized spacial score (nSPS) is 10.4. The van der Waals surface area contributed by atoms with Crippen molar-refractivity contribution in [2.75, 3.05) is 13.7 Å². The first-order valence-corrected chi connectivity index (χ1v) is 7.08. The van der Waals surface area contributed by atoms with Crippen molar-refractivity contribution in [1.29, 1.82) is 0 Å². The molecule has 0 unspecified atom stereocenters. The Balaban J connectivity index is 1.79. The van der Waals surface area contributed by atoms with Gasteiger partial charge in [0.15, 0.2) is 0 Å². The summed E-state index contributed by atoms with van der Waals surface area (Å²) in [5.74, 6) is -0.709. The number of benzene rings is 2. The lowest BCUT2D eigenvalue weighted by Gasteiger charge is -2.04. The lowest BCUT2D eigenvalue weighted by molar-refractivity contribution is -0.120. The van der Waals surface area contributed by atoms with E-state index in [0.717, 1.165) is 5.56 Å². The van der Waals surface area contributed by atoms with Crippen molar-refractivity contribution >= 4 is 18.0 Å². The summed E-state index contributed by atoms with van der Waals surface area (Å²) in [5, 5.41) is 6.22. The molecule has 2 aromatic carbocycles. The zero-order chi connectivity index (χ0) is 17.4. The molecule has 7 heteroatoms. The average Bonchev–Trinajstić information content (AvgIpc) is 2.60. The van der Waals surface area contributed by atoms with Crippen LogP contribution in [-0.4, -0.2) is 31.7 Å². The van der Waals surface area contributed by atoms with E-state index in [1.165, 1.54) is 30.5 Å². The van der Waals surface area contributed by atoms with Gasteiger partial charge in [-0.25, -0.2) is 9.82 Å². The summed E-state index contributed by atoms with van der Waals surface area (Å²) in [5.41, 5.74) is 3.32. The Morgan fingerprint density at radius 3 is 2.67 bits per heavy atom. The standard InChI is InChI=1S/C17H16FN3O3/c1-24-15-4-2-3-12(9-15)10-20-21-16(22)11-19-17(23)13-5-7-14(18)8-6-13/h2-10H,11H2,1H3,(H,19,23)(H,21,22)/b20-10-. The molecule has 2 N–H and O–H groups in total. The number of amides is 2. The number of carbonyl (C=O) groups excluding carboxylic acids is 2. The lowest BCUT2D eigenvalue weighted by Crippen LogP contribution is -2.34. The Bertz CT molecular complexity index is 745. The first kappa shape index (κ1) is 17.1. The molecule has 0 saturated carbocycles. The molecule has 0 fully saturated rings. The Morgan fingerprint density at radius 1 is 1.21 bits per heavy atom. The first-order chi connectivity index (χ1) is 11.6. The number of hydrogen-bond acceptors (Lipinski definition) is 4. The van der Waals surface area contributed by atoms with E-state index in [9.17, 15) is 14.0 Å². The zero-order valence-electron chi connectivity index (χ0n) is 13.0. The summed E-state index contributed by atoms with van der Waals surface area (Å²) in [7, 11) is 1.56. The molecule has 0 aliphatic heterocycles. The molecule has 0 radical (unpaired) electrons. The molecule has 0 aliphatic carbocycles. The molecular formula is C17H16FN3O3. The van der Waals surface area contributed by atoms with Gasteiger partial charge in [0.05, 0.1) is 19.9 Å². The third-order valence-corrected chi connectivity index (χ3v) is 3.01. The molecule has 0 aromatic heterocycles. The minimum atomic E-state index is -0.482. The number of hydrazone groups is 1. The average molecular weight is 329 g/mol. The molecular weight excluding hydrogens is 313 g/mol. The summed E-state index contributed by atoms with van der Waals surface area (Å²) in [4.78, 5) is 23.4. The minimum absolute atomic E-state index is 0.244. The predicted octanol–water partition coefficient (Wildman–Crippen LogP) is 1.71. The molecule has 0 atom stereocenters. The number of rotatable bonds is 6. The molecule has 2 aromatic rings. The maximum atomic E-state index is 12.8. The molecule has 0 heterocycles. The van der Waals surface area contributed by atoms with Crippen LogP contribution in [0.5, 0.6) is 5.75 Å². The highest BCUT2D eigenvalue weighted by atomic mass is 19.1. The topological polar surface area (TPSA) is 79.8 Å². The van der Waals surface area contributed by atoms with E-state index < -0.39 is 17.6 Å². The predicted molar refractivity (Wildman–Crippen MR) is 87.5 cm³/mol. The van der Waals surface area contributed by atoms with Gasteiger partial charge in [0.2, 0.25) is 0 Å². The van der Waals surface area contributed by atoms with E-state index in [1.54, 1.807) is 31.4 Å². The van der Waals surface area contributed by atoms with Gasteiger partial charge in [0.25, 0.3) is 11.8 Å². The third-order valence-electron chi connectivity index (χ3n) is 3.01. The second-order valence-electron chi connectivity index (χ2n) is 4.76. The fourth-order valence-electron chi connectivity index (χ4n) is 1.80. The number of carbonyl (C=O) groups is 2. The molecule has 24 heavy (non-hydrogen) atoms. The largest absolute Gasteiger partial charge is 0.497 e. The molecule has 2 rings (SSSR count). The number of nitrogens with zero attached hydrogens (tertiary/aromatic N) is 1. The fourth-order valence-corrected chi connectivity index (χ4v) is 1.80. The van der Waals surface area contributed by atoms with Gasteiger partial charge in [-0.3, -0.25) is 9.59 Å². The molecule has 0 saturated heterocycles. The third kappa shape index (κ3) is 5.20. The van der Waals surface area contributed by atoms with Crippen LogP contribution in [0.2, 0.25) is 0 Å². The van der Waals surface area contributed by atoms with E-state index in [-0.39, 0.29) is 12.1 Å². The van der Waals surface area contributed by atoms with Crippen molar-refractivity contribution in [2.24, 2.45) is 5.10 Å². The van der Waals surface area contributed by atoms with Crippen LogP contribution < -0.4 is 15.5 Å². The van der Waals surface area contributed by atoms with Gasteiger partial charge in [-0.1, -0.05) is 12.1 Å². The van der Waals surface area contributed by atoms with Crippen LogP contribution >= 0.6 is 0 Å². The van der Waals surface area contributed by atoms with Crippen LogP contribution in [0.25, 0.3) is 0 Å². The molecule has 0 aliphatic rings. The van der Waals surface area contributed by atoms with Crippen LogP contribution in [0.1, 0.15) is 15.9 Å². The molecule has 2 amide bonds. The van der Waals surface area contributed by atoms with E-state index >= 15 is 0 Å². The van der Waals surface area contributed by atoms with Gasteiger partial charge in [-0.05, 0) is 42.0 Å². The Labute approximate surface area is 138 Å². The lowest BCUT2D eigenvalue weighted by atomic mass is 10.2. The highest BCUT2D eigenvalue weighted by molar-refractivity contribution is 5.96. The van der Waals surface area contributed by atoms with E-state index in [4.69, 9.17) is 4.74 Å². The van der Waals surface area contributed by atoms with E-state index in [0.29, 0.717) is 5.75 Å². The fraction of sp³-hybridized carbons (Fsp3) is 0.118. The molecule has 0 bridgehead atoms. The van der Waals surface area contributed by atoms with E-state index in [2.05, 4.69) is 15.8 Å². The number of ether oxygens (including phenoxy) is 1. The molecule has 6 nitrogen and oxygen atoms in total. The number of halogens is 1. The zero-order valence-corrected chi connectivity index (χ0v) is 13.0. The summed E-state index contributed by atoms with van der Waals surface area (Å²) < 4.78 is 17.8. The number of methoxy groups -OCH3 is 1. The van der Waals surface area contributed by atoms with Crippen molar-refractivity contribution in [3.05, 3.63) is 65.5 Å². The van der Waals surface area contributed by atoms with Crippen molar-refractivity contribution in [2.45, 2.75) is 0 Å². The van der Waals surface area contributed by atoms with Crippen molar-refractivity contribution in [3.8, 4) is 5.75 Å². The van der Waals surface area contributed by atoms with Crippen LogP contribution in [0.4, 0.5) is 4.39 Å². The van der Waals surface area contributed by atoms with Gasteiger partial charge in [-0.15, -0.1) is 0 Å². The van der Waals surface area contributed by atoms with Crippen molar-refractivity contribution < 1.29 is 18.7 Å². The SMILES string of the molecule is COc1cccc(/C=N\NC(=O)CNC(=O)c2ccc(F)cc2)c1. The summed E-state index contributed by atoms with van der Waals surface area (Å²) in [6, 6.07) is 12.2. The monoisotopic (exact) mass is 329 g/mol. The Morgan fingerprint density at radius 2 is 1.96 bits per heavy atom. The van der Waals surface area contributed by atoms with Crippen molar-refractivity contribution in [3.63, 3.8) is 0 Å². The van der Waals surface area contributed by atoms with Crippen LogP contribution in [-0.2, 0) is 4.79 Å². The quantitative estimate of drug-likeness (QED) is 0.625. The Kier molecular flexibility index (Phi) is 6.01. The summed E-state index contributed by atoms with van der Waals surface area (Å²) >= 11 is 0. The molecule has 124 valence electrons. The van der Waals surface area contributed by atoms with E-state index in [1.807, 2.05) is 0 Å². The van der Waals surface area contributed by atoms with Gasteiger partial charge >= 0.3 is 0 Å². The second kappa shape index (κ2) is 8.42. The number of hydrogen-bond donors (Lipinski definition) is 2. The Hall–Kier alpha value is -3.22. The summed E-state index contributed by atoms with van der Waals surface area (Å²) in [6.45, 7) is -0.244. The van der Waals surface area contributed by atoms with Crippen LogP contribution in [0.3, 0.4) is 0 Å². The van der Waals surface area contributed by atoms with Crippen LogP contribution in [0, 0.1) is 5.82 Å². The highest BCUT2D eigenvalue weighted by Crippen LogP contribution is 2.10. The van der Waals surface area contributed by atoms with Gasteiger partial charge in [0, 0.05) is 5.56 Å². The van der Waals surface area contributed by atoms with Crippen molar-refractivity contribution in [1.82, 2.24) is 10.7 Å². The maximum Gasteiger partial charge on any atom is 0.259 e. The van der Waals surface area contributed by atoms with Crippen LogP contribution in [0.15, 0.2) is 53.6 Å². The highest BCUT2D eigenvalue weighted by Gasteiger charge is 2.07. The van der Waals surface area contributed by atoms with Gasteiger partial charge in [0.1, 0.15) is 11.6 Å². The second-order valence-corrected chi connectivity index (χ2v) is 4.76. The number of nitrogens with one attached hydrogen (secondary N) is 2. The first-order valence-electron chi connectivity index (χ1n) is 7.08. The molecule has 0 spiro atoms.